The number of ether oxygens (including phenoxy) is 2. The van der Waals surface area contributed by atoms with Crippen molar-refractivity contribution in [2.45, 2.75) is 0 Å². The Hall–Kier alpha value is -1.14. The summed E-state index contributed by atoms with van der Waals surface area (Å²) >= 11 is 1.68. The van der Waals surface area contributed by atoms with Crippen molar-refractivity contribution in [3.63, 3.8) is 0 Å². The van der Waals surface area contributed by atoms with Gasteiger partial charge in [0, 0.05) is 17.5 Å². The summed E-state index contributed by atoms with van der Waals surface area (Å²) in [5.41, 5.74) is 2.32. The summed E-state index contributed by atoms with van der Waals surface area (Å²) in [6.45, 7) is 1.84. The zero-order valence-electron chi connectivity index (χ0n) is 10.7. The molecule has 0 unspecified atom stereocenters. The normalized spacial score (nSPS) is 16.4. The monoisotopic (exact) mass is 341 g/mol. The zero-order chi connectivity index (χ0) is 12.5. The summed E-state index contributed by atoms with van der Waals surface area (Å²) in [6, 6.07) is 5.99. The lowest BCUT2D eigenvalue weighted by molar-refractivity contribution is -0.00000409. The Balaban J connectivity index is 0.00000133. The first-order valence-corrected chi connectivity index (χ1v) is 6.62. The molecule has 0 saturated heterocycles. The molecule has 4 nitrogen and oxygen atoms in total. The van der Waals surface area contributed by atoms with E-state index in [1.807, 2.05) is 12.1 Å². The van der Waals surface area contributed by atoms with Crippen LogP contribution in [0, 0.1) is 0 Å². The van der Waals surface area contributed by atoms with Gasteiger partial charge in [-0.05, 0) is 18.2 Å². The van der Waals surface area contributed by atoms with E-state index in [1.54, 1.807) is 26.0 Å². The molecule has 2 aliphatic heterocycles. The molecular formula is C13H14BrN2O2S-. The van der Waals surface area contributed by atoms with Gasteiger partial charge in [-0.25, -0.2) is 0 Å². The number of halogens is 1. The van der Waals surface area contributed by atoms with Crippen LogP contribution >= 0.6 is 11.8 Å². The lowest BCUT2D eigenvalue weighted by atomic mass is 10.1. The molecule has 3 rings (SSSR count). The van der Waals surface area contributed by atoms with Gasteiger partial charge in [0.25, 0.3) is 0 Å². The van der Waals surface area contributed by atoms with E-state index < -0.39 is 0 Å². The van der Waals surface area contributed by atoms with E-state index in [-0.39, 0.29) is 17.0 Å². The van der Waals surface area contributed by atoms with Crippen LogP contribution in [0.5, 0.6) is 11.5 Å². The molecule has 19 heavy (non-hydrogen) atoms. The maximum absolute atomic E-state index is 5.34. The molecule has 0 amide bonds. The number of rotatable bonds is 3. The van der Waals surface area contributed by atoms with Crippen LogP contribution in [0.1, 0.15) is 5.56 Å². The molecule has 0 atom stereocenters. The second-order valence-corrected chi connectivity index (χ2v) is 4.84. The van der Waals surface area contributed by atoms with Crippen molar-refractivity contribution in [2.75, 3.05) is 27.3 Å². The number of aliphatic imine (C=N–C) groups is 1. The highest BCUT2D eigenvalue weighted by atomic mass is 79.9. The molecule has 1 aromatic rings. The van der Waals surface area contributed by atoms with E-state index >= 15 is 0 Å². The number of hydrogen-bond donors (Lipinski definition) is 0. The van der Waals surface area contributed by atoms with Crippen molar-refractivity contribution in [2.24, 2.45) is 4.99 Å². The molecule has 6 heteroatoms. The number of nitrogens with zero attached hydrogens (tertiary/aromatic N) is 2. The fraction of sp³-hybridized carbons (Fsp3) is 0.308. The van der Waals surface area contributed by atoms with E-state index in [1.165, 1.54) is 5.70 Å². The average molecular weight is 342 g/mol. The molecule has 0 aliphatic carbocycles. The molecule has 0 radical (unpaired) electrons. The van der Waals surface area contributed by atoms with Gasteiger partial charge in [0.2, 0.25) is 0 Å². The highest BCUT2D eigenvalue weighted by Crippen LogP contribution is 2.38. The summed E-state index contributed by atoms with van der Waals surface area (Å²) in [5.74, 6) is 1.51. The Kier molecular flexibility index (Phi) is 4.42. The predicted molar refractivity (Wildman–Crippen MR) is 74.1 cm³/mol. The first-order valence-electron chi connectivity index (χ1n) is 5.74. The molecule has 0 N–H and O–H groups in total. The fourth-order valence-corrected chi connectivity index (χ4v) is 3.11. The van der Waals surface area contributed by atoms with Gasteiger partial charge in [-0.1, -0.05) is 11.8 Å². The first-order chi connectivity index (χ1) is 8.83. The molecule has 0 saturated carbocycles. The Morgan fingerprint density at radius 3 is 2.74 bits per heavy atom. The Labute approximate surface area is 127 Å². The fourth-order valence-electron chi connectivity index (χ4n) is 2.14. The third kappa shape index (κ3) is 2.47. The zero-order valence-corrected chi connectivity index (χ0v) is 13.1. The van der Waals surface area contributed by atoms with E-state index in [0.717, 1.165) is 35.3 Å². The van der Waals surface area contributed by atoms with E-state index in [4.69, 9.17) is 9.47 Å². The van der Waals surface area contributed by atoms with Gasteiger partial charge in [0.1, 0.15) is 0 Å². The number of fused-ring (bicyclic) bond motifs is 1. The minimum atomic E-state index is 0. The average Bonchev–Trinajstić information content (AvgIpc) is 3.00. The smallest absolute Gasteiger partial charge is 0.168 e. The van der Waals surface area contributed by atoms with Gasteiger partial charge in [-0.3, -0.25) is 4.99 Å². The van der Waals surface area contributed by atoms with E-state index in [2.05, 4.69) is 21.4 Å². The predicted octanol–water partition coefficient (Wildman–Crippen LogP) is -0.575. The van der Waals surface area contributed by atoms with Crippen LogP contribution in [0.2, 0.25) is 0 Å². The SMILES string of the molecule is COc1ccc(C2=CSC3=NCCN23)cc1OC.[Br-]. The summed E-state index contributed by atoms with van der Waals surface area (Å²) in [5, 5.41) is 3.24. The van der Waals surface area contributed by atoms with E-state index in [0.29, 0.717) is 0 Å². The number of hydrogen-bond acceptors (Lipinski definition) is 5. The highest BCUT2D eigenvalue weighted by molar-refractivity contribution is 8.16. The lowest BCUT2D eigenvalue weighted by Crippen LogP contribution is -3.00. The van der Waals surface area contributed by atoms with Gasteiger partial charge in [0.15, 0.2) is 16.7 Å². The standard InChI is InChI=1S/C13H14N2O2S.BrH/c1-16-11-4-3-9(7-12(11)17-2)10-8-18-13-14-5-6-15(10)13;/h3-4,7-8H,5-6H2,1-2H3;1H/p-1. The number of amidine groups is 1. The van der Waals surface area contributed by atoms with Crippen LogP contribution < -0.4 is 26.5 Å². The minimum absolute atomic E-state index is 0. The third-order valence-electron chi connectivity index (χ3n) is 3.05. The van der Waals surface area contributed by atoms with Gasteiger partial charge in [0.05, 0.1) is 26.5 Å². The van der Waals surface area contributed by atoms with Crippen molar-refractivity contribution >= 4 is 22.6 Å². The molecule has 0 spiro atoms. The molecule has 2 heterocycles. The maximum atomic E-state index is 5.34. The quantitative estimate of drug-likeness (QED) is 0.737. The van der Waals surface area contributed by atoms with Gasteiger partial charge in [-0.15, -0.1) is 0 Å². The topological polar surface area (TPSA) is 34.1 Å². The van der Waals surface area contributed by atoms with Crippen molar-refractivity contribution in [3.05, 3.63) is 29.2 Å². The maximum Gasteiger partial charge on any atom is 0.168 e. The molecule has 1 aromatic carbocycles. The van der Waals surface area contributed by atoms with Crippen molar-refractivity contribution in [3.8, 4) is 11.5 Å². The summed E-state index contributed by atoms with van der Waals surface area (Å²) < 4.78 is 10.6. The summed E-state index contributed by atoms with van der Waals surface area (Å²) in [7, 11) is 3.30. The van der Waals surface area contributed by atoms with Crippen molar-refractivity contribution in [1.29, 1.82) is 0 Å². The second-order valence-electron chi connectivity index (χ2n) is 4.01. The molecule has 0 bridgehead atoms. The molecule has 102 valence electrons. The summed E-state index contributed by atoms with van der Waals surface area (Å²) in [6.07, 6.45) is 0. The van der Waals surface area contributed by atoms with Gasteiger partial charge in [-0.2, -0.15) is 0 Å². The summed E-state index contributed by atoms with van der Waals surface area (Å²) in [4.78, 5) is 6.69. The molecular weight excluding hydrogens is 328 g/mol. The number of thioether (sulfide) groups is 1. The van der Waals surface area contributed by atoms with Crippen LogP contribution in [0.3, 0.4) is 0 Å². The van der Waals surface area contributed by atoms with Crippen LogP contribution in [-0.4, -0.2) is 37.4 Å². The second kappa shape index (κ2) is 5.88. The van der Waals surface area contributed by atoms with Crippen molar-refractivity contribution < 1.29 is 26.5 Å². The first kappa shape index (κ1) is 14.3. The van der Waals surface area contributed by atoms with Gasteiger partial charge < -0.3 is 31.4 Å². The number of methoxy groups -OCH3 is 2. The van der Waals surface area contributed by atoms with Crippen LogP contribution in [-0.2, 0) is 0 Å². The van der Waals surface area contributed by atoms with Crippen molar-refractivity contribution in [1.82, 2.24) is 4.90 Å². The Bertz CT molecular complexity index is 545. The van der Waals surface area contributed by atoms with Gasteiger partial charge >= 0.3 is 0 Å². The van der Waals surface area contributed by atoms with Crippen LogP contribution in [0.25, 0.3) is 5.70 Å². The van der Waals surface area contributed by atoms with Crippen LogP contribution in [0.4, 0.5) is 0 Å². The lowest BCUT2D eigenvalue weighted by Gasteiger charge is -2.17. The largest absolute Gasteiger partial charge is 1.00 e. The molecule has 2 aliphatic rings. The Morgan fingerprint density at radius 2 is 2.00 bits per heavy atom. The third-order valence-corrected chi connectivity index (χ3v) is 3.95. The molecule has 0 fully saturated rings. The molecule has 0 aromatic heterocycles. The minimum Gasteiger partial charge on any atom is -1.00 e. The number of benzene rings is 1. The Morgan fingerprint density at radius 1 is 1.21 bits per heavy atom. The highest BCUT2D eigenvalue weighted by Gasteiger charge is 2.27. The van der Waals surface area contributed by atoms with E-state index in [9.17, 15) is 0 Å². The van der Waals surface area contributed by atoms with Crippen LogP contribution in [0.15, 0.2) is 28.6 Å².